The summed E-state index contributed by atoms with van der Waals surface area (Å²) in [6.07, 6.45) is 0.411. The second kappa shape index (κ2) is 8.65. The minimum absolute atomic E-state index is 0.0434. The zero-order valence-electron chi connectivity index (χ0n) is 16.1. The van der Waals surface area contributed by atoms with Gasteiger partial charge in [0, 0.05) is 30.6 Å². The van der Waals surface area contributed by atoms with E-state index in [2.05, 4.69) is 4.74 Å². The van der Waals surface area contributed by atoms with E-state index in [-0.39, 0.29) is 11.8 Å². The van der Waals surface area contributed by atoms with Crippen LogP contribution < -0.4 is 19.1 Å². The average Bonchev–Trinajstić information content (AvgIpc) is 3.12. The molecule has 1 heterocycles. The van der Waals surface area contributed by atoms with Crippen molar-refractivity contribution in [3.05, 3.63) is 48.0 Å². The number of amides is 1. The molecule has 1 atom stereocenters. The number of benzene rings is 2. The highest BCUT2D eigenvalue weighted by molar-refractivity contribution is 5.96. The number of rotatable bonds is 7. The highest BCUT2D eigenvalue weighted by atomic mass is 16.5. The van der Waals surface area contributed by atoms with Crippen molar-refractivity contribution < 1.29 is 28.5 Å². The van der Waals surface area contributed by atoms with Crippen LogP contribution in [0.2, 0.25) is 0 Å². The van der Waals surface area contributed by atoms with Gasteiger partial charge in [0.25, 0.3) is 0 Å². The number of nitrogens with zero attached hydrogens (tertiary/aromatic N) is 1. The summed E-state index contributed by atoms with van der Waals surface area (Å²) in [4.78, 5) is 25.6. The molecule has 0 spiro atoms. The van der Waals surface area contributed by atoms with E-state index < -0.39 is 5.97 Å². The molecule has 3 rings (SSSR count). The number of hydrogen-bond acceptors (Lipinski definition) is 6. The summed E-state index contributed by atoms with van der Waals surface area (Å²) in [6.45, 7) is 0.974. The summed E-state index contributed by atoms with van der Waals surface area (Å²) in [6, 6.07) is 12.2. The smallest absolute Gasteiger partial charge is 0.337 e. The third-order valence-electron chi connectivity index (χ3n) is 4.65. The van der Waals surface area contributed by atoms with Gasteiger partial charge in [0.05, 0.1) is 33.5 Å². The first-order valence-electron chi connectivity index (χ1n) is 8.89. The Hall–Kier alpha value is -3.22. The zero-order valence-corrected chi connectivity index (χ0v) is 16.1. The van der Waals surface area contributed by atoms with E-state index in [4.69, 9.17) is 14.2 Å². The molecule has 0 bridgehead atoms. The molecule has 7 nitrogen and oxygen atoms in total. The second-order valence-corrected chi connectivity index (χ2v) is 6.44. The first-order chi connectivity index (χ1) is 13.5. The van der Waals surface area contributed by atoms with Crippen molar-refractivity contribution in [2.75, 3.05) is 39.4 Å². The third-order valence-corrected chi connectivity index (χ3v) is 4.65. The summed E-state index contributed by atoms with van der Waals surface area (Å²) < 4.78 is 21.0. The molecule has 28 heavy (non-hydrogen) atoms. The molecule has 1 aliphatic rings. The van der Waals surface area contributed by atoms with Gasteiger partial charge in [-0.25, -0.2) is 4.79 Å². The maximum Gasteiger partial charge on any atom is 0.337 e. The molecule has 7 heteroatoms. The zero-order chi connectivity index (χ0) is 20.1. The van der Waals surface area contributed by atoms with Crippen LogP contribution in [-0.4, -0.2) is 46.4 Å². The molecular weight excluding hydrogens is 362 g/mol. The molecule has 0 saturated carbocycles. The van der Waals surface area contributed by atoms with E-state index in [1.54, 1.807) is 55.5 Å². The molecule has 1 unspecified atom stereocenters. The van der Waals surface area contributed by atoms with E-state index >= 15 is 0 Å². The van der Waals surface area contributed by atoms with Crippen LogP contribution in [0.15, 0.2) is 42.5 Å². The van der Waals surface area contributed by atoms with E-state index in [0.29, 0.717) is 42.4 Å². The molecule has 1 saturated heterocycles. The fraction of sp³-hybridized carbons (Fsp3) is 0.333. The Balaban J connectivity index is 1.61. The van der Waals surface area contributed by atoms with Crippen LogP contribution in [0.5, 0.6) is 17.2 Å². The van der Waals surface area contributed by atoms with Gasteiger partial charge in [0.1, 0.15) is 5.75 Å². The monoisotopic (exact) mass is 385 g/mol. The summed E-state index contributed by atoms with van der Waals surface area (Å²) >= 11 is 0. The minimum Gasteiger partial charge on any atom is -0.493 e. The lowest BCUT2D eigenvalue weighted by Crippen LogP contribution is -2.25. The lowest BCUT2D eigenvalue weighted by molar-refractivity contribution is -0.117. The van der Waals surface area contributed by atoms with Gasteiger partial charge in [0.15, 0.2) is 11.5 Å². The molecule has 1 fully saturated rings. The van der Waals surface area contributed by atoms with Crippen molar-refractivity contribution in [1.29, 1.82) is 0 Å². The largest absolute Gasteiger partial charge is 0.493 e. The van der Waals surface area contributed by atoms with Crippen LogP contribution in [-0.2, 0) is 9.53 Å². The number of methoxy groups -OCH3 is 3. The average molecular weight is 385 g/mol. The van der Waals surface area contributed by atoms with Crippen molar-refractivity contribution in [1.82, 2.24) is 0 Å². The van der Waals surface area contributed by atoms with E-state index in [1.165, 1.54) is 7.11 Å². The first-order valence-corrected chi connectivity index (χ1v) is 8.89. The number of ether oxygens (including phenoxy) is 4. The third kappa shape index (κ3) is 4.19. The molecule has 2 aromatic carbocycles. The summed E-state index contributed by atoms with van der Waals surface area (Å²) in [7, 11) is 4.48. The molecule has 2 aromatic rings. The van der Waals surface area contributed by atoms with Gasteiger partial charge in [-0.15, -0.1) is 0 Å². The Morgan fingerprint density at radius 3 is 2.39 bits per heavy atom. The summed E-state index contributed by atoms with van der Waals surface area (Å²) in [5.74, 6) is 1.57. The molecule has 0 aromatic heterocycles. The van der Waals surface area contributed by atoms with Crippen LogP contribution >= 0.6 is 0 Å². The molecule has 0 aliphatic carbocycles. The fourth-order valence-corrected chi connectivity index (χ4v) is 3.15. The highest BCUT2D eigenvalue weighted by Crippen LogP contribution is 2.34. The topological polar surface area (TPSA) is 74.3 Å². The minimum atomic E-state index is -0.390. The number of carbonyl (C=O) groups excluding carboxylic acids is 2. The SMILES string of the molecule is COC(=O)c1ccc(OCC2CC(=O)N(c3ccc(OC)c(OC)c3)C2)cc1. The molecule has 148 valence electrons. The number of anilines is 1. The number of carbonyl (C=O) groups is 2. The van der Waals surface area contributed by atoms with Crippen molar-refractivity contribution in [3.63, 3.8) is 0 Å². The normalized spacial score (nSPS) is 16.0. The molecule has 1 aliphatic heterocycles. The van der Waals surface area contributed by atoms with Gasteiger partial charge in [0.2, 0.25) is 5.91 Å². The summed E-state index contributed by atoms with van der Waals surface area (Å²) in [5.41, 5.74) is 1.23. The van der Waals surface area contributed by atoms with Gasteiger partial charge in [-0.3, -0.25) is 4.79 Å². The number of hydrogen-bond donors (Lipinski definition) is 0. The molecule has 1 amide bonds. The van der Waals surface area contributed by atoms with E-state index in [0.717, 1.165) is 5.69 Å². The Morgan fingerprint density at radius 1 is 1.04 bits per heavy atom. The van der Waals surface area contributed by atoms with Crippen molar-refractivity contribution in [3.8, 4) is 17.2 Å². The highest BCUT2D eigenvalue weighted by Gasteiger charge is 2.31. The Kier molecular flexibility index (Phi) is 6.03. The van der Waals surface area contributed by atoms with Crippen LogP contribution in [0.4, 0.5) is 5.69 Å². The van der Waals surface area contributed by atoms with Gasteiger partial charge in [-0.05, 0) is 36.4 Å². The van der Waals surface area contributed by atoms with Gasteiger partial charge < -0.3 is 23.8 Å². The Labute approximate surface area is 163 Å². The fourth-order valence-electron chi connectivity index (χ4n) is 3.15. The standard InChI is InChI=1S/C21H23NO6/c1-25-18-9-6-16(11-19(18)26-2)22-12-14(10-20(22)23)13-28-17-7-4-15(5-8-17)21(24)27-3/h4-9,11,14H,10,12-13H2,1-3H3. The van der Waals surface area contributed by atoms with Gasteiger partial charge in [-0.1, -0.05) is 0 Å². The molecule has 0 radical (unpaired) electrons. The van der Waals surface area contributed by atoms with E-state index in [1.807, 2.05) is 6.07 Å². The first kappa shape index (κ1) is 19.5. The van der Waals surface area contributed by atoms with Crippen molar-refractivity contribution in [2.45, 2.75) is 6.42 Å². The van der Waals surface area contributed by atoms with E-state index in [9.17, 15) is 9.59 Å². The van der Waals surface area contributed by atoms with Crippen LogP contribution in [0.3, 0.4) is 0 Å². The molecular formula is C21H23NO6. The van der Waals surface area contributed by atoms with Gasteiger partial charge in [-0.2, -0.15) is 0 Å². The van der Waals surface area contributed by atoms with Crippen LogP contribution in [0.25, 0.3) is 0 Å². The maximum atomic E-state index is 12.5. The predicted molar refractivity (Wildman–Crippen MR) is 103 cm³/mol. The van der Waals surface area contributed by atoms with Crippen LogP contribution in [0.1, 0.15) is 16.8 Å². The lowest BCUT2D eigenvalue weighted by atomic mass is 10.1. The number of esters is 1. The van der Waals surface area contributed by atoms with Crippen LogP contribution in [0, 0.1) is 5.92 Å². The van der Waals surface area contributed by atoms with Crippen molar-refractivity contribution in [2.24, 2.45) is 5.92 Å². The lowest BCUT2D eigenvalue weighted by Gasteiger charge is -2.19. The predicted octanol–water partition coefficient (Wildman–Crippen LogP) is 2.92. The second-order valence-electron chi connectivity index (χ2n) is 6.44. The van der Waals surface area contributed by atoms with Gasteiger partial charge >= 0.3 is 5.97 Å². The maximum absolute atomic E-state index is 12.5. The quantitative estimate of drug-likeness (QED) is 0.683. The molecule has 0 N–H and O–H groups in total. The van der Waals surface area contributed by atoms with Crippen molar-refractivity contribution >= 4 is 17.6 Å². The Morgan fingerprint density at radius 2 is 1.75 bits per heavy atom. The summed E-state index contributed by atoms with van der Waals surface area (Å²) in [5, 5.41) is 0. The Bertz CT molecular complexity index is 848.